The Balaban J connectivity index is 1.24. The van der Waals surface area contributed by atoms with Crippen LogP contribution >= 0.6 is 0 Å². The summed E-state index contributed by atoms with van der Waals surface area (Å²) in [6.07, 6.45) is 4.20. The highest BCUT2D eigenvalue weighted by atomic mass is 16.5. The fourth-order valence-corrected chi connectivity index (χ4v) is 4.29. The molecule has 3 heterocycles. The summed E-state index contributed by atoms with van der Waals surface area (Å²) >= 11 is 0. The Morgan fingerprint density at radius 3 is 2.82 bits per heavy atom. The molecule has 33 heavy (non-hydrogen) atoms. The molecule has 1 aliphatic heterocycles. The number of benzene rings is 2. The summed E-state index contributed by atoms with van der Waals surface area (Å²) in [5.41, 5.74) is 4.76. The summed E-state index contributed by atoms with van der Waals surface area (Å²) in [5.74, 6) is 1.25. The predicted molar refractivity (Wildman–Crippen MR) is 126 cm³/mol. The Morgan fingerprint density at radius 1 is 1.03 bits per heavy atom. The Labute approximate surface area is 192 Å². The van der Waals surface area contributed by atoms with Crippen LogP contribution in [0.25, 0.3) is 0 Å². The van der Waals surface area contributed by atoms with Gasteiger partial charge < -0.3 is 23.8 Å². The average molecular weight is 443 g/mol. The molecule has 1 aliphatic rings. The lowest BCUT2D eigenvalue weighted by molar-refractivity contribution is 0.0929. The number of fused-ring (bicyclic) bond motifs is 1. The molecule has 6 nitrogen and oxygen atoms in total. The van der Waals surface area contributed by atoms with Gasteiger partial charge in [-0.25, -0.2) is 0 Å². The van der Waals surface area contributed by atoms with Crippen molar-refractivity contribution < 1.29 is 18.4 Å². The predicted octanol–water partition coefficient (Wildman–Crippen LogP) is 5.79. The van der Waals surface area contributed by atoms with Gasteiger partial charge in [0.15, 0.2) is 0 Å². The third kappa shape index (κ3) is 4.71. The van der Waals surface area contributed by atoms with Gasteiger partial charge in [0.1, 0.15) is 18.1 Å². The number of nitrogens with zero attached hydrogens (tertiary/aromatic N) is 1. The highest BCUT2D eigenvalue weighted by molar-refractivity contribution is 6.05. The number of furan rings is 2. The van der Waals surface area contributed by atoms with Crippen molar-refractivity contribution in [3.63, 3.8) is 0 Å². The lowest BCUT2D eigenvalue weighted by Crippen LogP contribution is -2.29. The number of rotatable bonds is 8. The van der Waals surface area contributed by atoms with Crippen molar-refractivity contribution in [2.24, 2.45) is 0 Å². The van der Waals surface area contributed by atoms with Crippen LogP contribution in [-0.2, 0) is 30.9 Å². The molecule has 6 heteroatoms. The molecular formula is C27H26N2O4. The summed E-state index contributed by atoms with van der Waals surface area (Å²) in [6, 6.07) is 21.8. The molecule has 2 aromatic carbocycles. The molecule has 0 saturated carbocycles. The van der Waals surface area contributed by atoms with Gasteiger partial charge in [-0.15, -0.1) is 0 Å². The van der Waals surface area contributed by atoms with Crippen molar-refractivity contribution in [3.05, 3.63) is 107 Å². The van der Waals surface area contributed by atoms with Gasteiger partial charge in [-0.05, 0) is 60.9 Å². The van der Waals surface area contributed by atoms with Crippen LogP contribution in [0.2, 0.25) is 0 Å². The lowest BCUT2D eigenvalue weighted by Gasteiger charge is -2.24. The molecule has 0 fully saturated rings. The molecule has 1 amide bonds. The Kier molecular flexibility index (Phi) is 6.00. The topological polar surface area (TPSA) is 67.9 Å². The number of carbonyl (C=O) groups is 1. The normalized spacial score (nSPS) is 14.9. The fraction of sp³-hybridized carbons (Fsp3) is 0.222. The zero-order valence-corrected chi connectivity index (χ0v) is 18.5. The van der Waals surface area contributed by atoms with Crippen LogP contribution in [-0.4, -0.2) is 11.9 Å². The second-order valence-electron chi connectivity index (χ2n) is 8.29. The summed E-state index contributed by atoms with van der Waals surface area (Å²) in [4.78, 5) is 15.3. The first kappa shape index (κ1) is 21.1. The first-order valence-corrected chi connectivity index (χ1v) is 11.1. The van der Waals surface area contributed by atoms with Gasteiger partial charge >= 0.3 is 0 Å². The standard InChI is InChI=1S/C27H26N2O4/c1-19-14-21-7-2-3-10-25(21)29(19)16-26-24(11-13-33-26)27(30)28-22-8-4-6-20(15-22)17-31-18-23-9-5-12-32-23/h2-13,15,19H,14,16-18H2,1H3,(H,28,30). The maximum Gasteiger partial charge on any atom is 0.259 e. The fourth-order valence-electron chi connectivity index (χ4n) is 4.29. The molecule has 2 aromatic heterocycles. The molecule has 1 atom stereocenters. The van der Waals surface area contributed by atoms with Crippen LogP contribution in [0.1, 0.15) is 39.9 Å². The summed E-state index contributed by atoms with van der Waals surface area (Å²) in [6.45, 7) is 3.57. The van der Waals surface area contributed by atoms with E-state index in [4.69, 9.17) is 13.6 Å². The third-order valence-corrected chi connectivity index (χ3v) is 5.93. The third-order valence-electron chi connectivity index (χ3n) is 5.93. The quantitative estimate of drug-likeness (QED) is 0.374. The van der Waals surface area contributed by atoms with Gasteiger partial charge in [-0.2, -0.15) is 0 Å². The van der Waals surface area contributed by atoms with E-state index in [1.165, 1.54) is 11.3 Å². The molecule has 0 spiro atoms. The van der Waals surface area contributed by atoms with Gasteiger partial charge in [0, 0.05) is 17.4 Å². The molecule has 1 unspecified atom stereocenters. The molecule has 0 bridgehead atoms. The molecule has 0 radical (unpaired) electrons. The second kappa shape index (κ2) is 9.38. The van der Waals surface area contributed by atoms with E-state index in [0.29, 0.717) is 42.8 Å². The van der Waals surface area contributed by atoms with Crippen LogP contribution in [0, 0.1) is 0 Å². The van der Waals surface area contributed by atoms with Crippen molar-refractivity contribution in [2.75, 3.05) is 10.2 Å². The summed E-state index contributed by atoms with van der Waals surface area (Å²) < 4.78 is 16.7. The molecule has 0 aliphatic carbocycles. The largest absolute Gasteiger partial charge is 0.467 e. The van der Waals surface area contributed by atoms with E-state index < -0.39 is 0 Å². The number of para-hydroxylation sites is 1. The van der Waals surface area contributed by atoms with Crippen molar-refractivity contribution in [1.82, 2.24) is 0 Å². The number of nitrogens with one attached hydrogen (secondary N) is 1. The van der Waals surface area contributed by atoms with Crippen LogP contribution in [0.5, 0.6) is 0 Å². The molecule has 1 N–H and O–H groups in total. The van der Waals surface area contributed by atoms with E-state index in [2.05, 4.69) is 35.3 Å². The maximum atomic E-state index is 13.0. The number of carbonyl (C=O) groups excluding carboxylic acids is 1. The van der Waals surface area contributed by atoms with E-state index in [0.717, 1.165) is 17.7 Å². The van der Waals surface area contributed by atoms with E-state index in [1.807, 2.05) is 42.5 Å². The molecule has 4 aromatic rings. The minimum absolute atomic E-state index is 0.187. The van der Waals surface area contributed by atoms with Crippen LogP contribution in [0.15, 0.2) is 88.1 Å². The highest BCUT2D eigenvalue weighted by Crippen LogP contribution is 2.33. The van der Waals surface area contributed by atoms with Gasteiger partial charge in [-0.3, -0.25) is 4.79 Å². The highest BCUT2D eigenvalue weighted by Gasteiger charge is 2.28. The number of ether oxygens (including phenoxy) is 1. The lowest BCUT2D eigenvalue weighted by atomic mass is 10.1. The van der Waals surface area contributed by atoms with Crippen molar-refractivity contribution in [1.29, 1.82) is 0 Å². The zero-order valence-electron chi connectivity index (χ0n) is 18.5. The van der Waals surface area contributed by atoms with Crippen molar-refractivity contribution >= 4 is 17.3 Å². The van der Waals surface area contributed by atoms with Gasteiger partial charge in [-0.1, -0.05) is 30.3 Å². The Morgan fingerprint density at radius 2 is 1.94 bits per heavy atom. The van der Waals surface area contributed by atoms with E-state index in [1.54, 1.807) is 18.6 Å². The van der Waals surface area contributed by atoms with E-state index in [9.17, 15) is 4.79 Å². The first-order valence-electron chi connectivity index (χ1n) is 11.1. The number of hydrogen-bond donors (Lipinski definition) is 1. The smallest absolute Gasteiger partial charge is 0.259 e. The van der Waals surface area contributed by atoms with Crippen molar-refractivity contribution in [2.45, 2.75) is 39.1 Å². The number of hydrogen-bond acceptors (Lipinski definition) is 5. The second-order valence-corrected chi connectivity index (χ2v) is 8.29. The zero-order chi connectivity index (χ0) is 22.6. The first-order chi connectivity index (χ1) is 16.2. The van der Waals surface area contributed by atoms with Crippen molar-refractivity contribution in [3.8, 4) is 0 Å². The summed E-state index contributed by atoms with van der Waals surface area (Å²) in [5, 5.41) is 2.99. The van der Waals surface area contributed by atoms with E-state index >= 15 is 0 Å². The van der Waals surface area contributed by atoms with Gasteiger partial charge in [0.25, 0.3) is 5.91 Å². The Hall–Kier alpha value is -3.77. The van der Waals surface area contributed by atoms with Crippen LogP contribution in [0.4, 0.5) is 11.4 Å². The molecule has 5 rings (SSSR count). The van der Waals surface area contributed by atoms with Crippen LogP contribution < -0.4 is 10.2 Å². The minimum atomic E-state index is -0.187. The van der Waals surface area contributed by atoms with Gasteiger partial charge in [0.05, 0.1) is 31.2 Å². The Bertz CT molecular complexity index is 1230. The van der Waals surface area contributed by atoms with Gasteiger partial charge in [0.2, 0.25) is 0 Å². The van der Waals surface area contributed by atoms with Crippen LogP contribution in [0.3, 0.4) is 0 Å². The molecule has 0 saturated heterocycles. The SMILES string of the molecule is CC1Cc2ccccc2N1Cc1occc1C(=O)Nc1cccc(COCc2ccco2)c1. The summed E-state index contributed by atoms with van der Waals surface area (Å²) in [7, 11) is 0. The van der Waals surface area contributed by atoms with E-state index in [-0.39, 0.29) is 5.91 Å². The molecular weight excluding hydrogens is 416 g/mol. The number of amides is 1. The number of anilines is 2. The monoisotopic (exact) mass is 442 g/mol. The minimum Gasteiger partial charge on any atom is -0.467 e. The average Bonchev–Trinajstić information content (AvgIpc) is 3.56. The maximum absolute atomic E-state index is 13.0. The molecule has 168 valence electrons.